The number of carbonyl (C=O) groups is 2. The van der Waals surface area contributed by atoms with E-state index in [4.69, 9.17) is 14.3 Å². The largest absolute Gasteiger partial charge is 0.481 e. The predicted octanol–water partition coefficient (Wildman–Crippen LogP) is 1.36. The molecule has 0 bridgehead atoms. The van der Waals surface area contributed by atoms with E-state index in [0.29, 0.717) is 17.6 Å². The van der Waals surface area contributed by atoms with Gasteiger partial charge in [-0.1, -0.05) is 0 Å². The van der Waals surface area contributed by atoms with Gasteiger partial charge in [0.1, 0.15) is 0 Å². The van der Waals surface area contributed by atoms with E-state index in [1.54, 1.807) is 6.07 Å². The van der Waals surface area contributed by atoms with Crippen LogP contribution in [-0.2, 0) is 9.53 Å². The highest BCUT2D eigenvalue weighted by Gasteiger charge is 2.32. The molecule has 1 saturated heterocycles. The third kappa shape index (κ3) is 2.73. The maximum absolute atomic E-state index is 12.2. The molecule has 1 unspecified atom stereocenters. The average molecular weight is 318 g/mol. The molecular formula is C11H12BrNO5. The van der Waals surface area contributed by atoms with Crippen molar-refractivity contribution in [3.05, 3.63) is 22.6 Å². The molecular weight excluding hydrogens is 306 g/mol. The zero-order chi connectivity index (χ0) is 13.1. The van der Waals surface area contributed by atoms with Gasteiger partial charge in [0.05, 0.1) is 36.4 Å². The number of hydrogen-bond donors (Lipinski definition) is 1. The molecule has 6 nitrogen and oxygen atoms in total. The van der Waals surface area contributed by atoms with E-state index < -0.39 is 12.0 Å². The normalized spacial score (nSPS) is 19.8. The Labute approximate surface area is 112 Å². The molecule has 1 aromatic rings. The van der Waals surface area contributed by atoms with Crippen molar-refractivity contribution >= 4 is 27.8 Å². The number of rotatable bonds is 3. The van der Waals surface area contributed by atoms with Gasteiger partial charge >= 0.3 is 5.97 Å². The summed E-state index contributed by atoms with van der Waals surface area (Å²) in [4.78, 5) is 24.5. The molecule has 0 aromatic carbocycles. The molecule has 1 aromatic heterocycles. The molecule has 1 amide bonds. The number of nitrogens with zero attached hydrogens (tertiary/aromatic N) is 1. The molecule has 18 heavy (non-hydrogen) atoms. The van der Waals surface area contributed by atoms with E-state index in [1.165, 1.54) is 11.2 Å². The molecule has 0 saturated carbocycles. The van der Waals surface area contributed by atoms with E-state index in [-0.39, 0.29) is 24.7 Å². The maximum atomic E-state index is 12.2. The maximum Gasteiger partial charge on any atom is 0.305 e. The van der Waals surface area contributed by atoms with Crippen molar-refractivity contribution in [3.8, 4) is 0 Å². The highest BCUT2D eigenvalue weighted by Crippen LogP contribution is 2.22. The first-order chi connectivity index (χ1) is 8.59. The smallest absolute Gasteiger partial charge is 0.305 e. The fourth-order valence-corrected chi connectivity index (χ4v) is 2.24. The number of carboxylic acids is 1. The molecule has 2 rings (SSSR count). The number of halogens is 1. The number of carboxylic acid groups (broad SMARTS) is 1. The number of hydrogen-bond acceptors (Lipinski definition) is 4. The first kappa shape index (κ1) is 13.1. The molecule has 1 atom stereocenters. The third-order valence-corrected chi connectivity index (χ3v) is 3.33. The highest BCUT2D eigenvalue weighted by atomic mass is 79.9. The van der Waals surface area contributed by atoms with Crippen LogP contribution in [-0.4, -0.2) is 47.7 Å². The molecule has 0 radical (unpaired) electrons. The molecule has 2 heterocycles. The van der Waals surface area contributed by atoms with E-state index >= 15 is 0 Å². The van der Waals surface area contributed by atoms with Gasteiger partial charge in [-0.25, -0.2) is 0 Å². The van der Waals surface area contributed by atoms with Crippen LogP contribution in [0.4, 0.5) is 0 Å². The quantitative estimate of drug-likeness (QED) is 0.910. The molecule has 1 fully saturated rings. The predicted molar refractivity (Wildman–Crippen MR) is 64.3 cm³/mol. The van der Waals surface area contributed by atoms with Crippen LogP contribution in [0.5, 0.6) is 0 Å². The molecule has 1 aliphatic heterocycles. The van der Waals surface area contributed by atoms with Gasteiger partial charge in [0.25, 0.3) is 5.91 Å². The number of aliphatic carboxylic acids is 1. The van der Waals surface area contributed by atoms with Crippen molar-refractivity contribution in [1.29, 1.82) is 0 Å². The molecule has 0 aliphatic carbocycles. The van der Waals surface area contributed by atoms with Crippen molar-refractivity contribution in [3.63, 3.8) is 0 Å². The van der Waals surface area contributed by atoms with Crippen molar-refractivity contribution in [1.82, 2.24) is 4.90 Å². The second-order valence-electron chi connectivity index (χ2n) is 3.92. The van der Waals surface area contributed by atoms with Gasteiger partial charge in [0, 0.05) is 6.54 Å². The van der Waals surface area contributed by atoms with E-state index in [0.717, 1.165) is 0 Å². The second kappa shape index (κ2) is 5.53. The minimum absolute atomic E-state index is 0.135. The lowest BCUT2D eigenvalue weighted by molar-refractivity contribution is -0.139. The Kier molecular flexibility index (Phi) is 4.03. The Morgan fingerprint density at radius 2 is 2.33 bits per heavy atom. The van der Waals surface area contributed by atoms with Crippen LogP contribution in [0.2, 0.25) is 0 Å². The van der Waals surface area contributed by atoms with Crippen LogP contribution in [0.1, 0.15) is 17.0 Å². The van der Waals surface area contributed by atoms with Crippen molar-refractivity contribution in [2.75, 3.05) is 19.8 Å². The SMILES string of the molecule is O=C(O)CC1COCCN1C(=O)c1occc1Br. The monoisotopic (exact) mass is 317 g/mol. The summed E-state index contributed by atoms with van der Waals surface area (Å²) in [7, 11) is 0. The molecule has 1 N–H and O–H groups in total. The summed E-state index contributed by atoms with van der Waals surface area (Å²) < 4.78 is 10.9. The Bertz CT molecular complexity index is 458. The van der Waals surface area contributed by atoms with Gasteiger partial charge in [-0.3, -0.25) is 9.59 Å². The summed E-state index contributed by atoms with van der Waals surface area (Å²) in [5.41, 5.74) is 0. The highest BCUT2D eigenvalue weighted by molar-refractivity contribution is 9.10. The summed E-state index contributed by atoms with van der Waals surface area (Å²) in [5.74, 6) is -1.09. The summed E-state index contributed by atoms with van der Waals surface area (Å²) in [6.07, 6.45) is 1.27. The lowest BCUT2D eigenvalue weighted by atomic mass is 10.1. The van der Waals surface area contributed by atoms with Crippen LogP contribution in [0, 0.1) is 0 Å². The molecule has 0 spiro atoms. The average Bonchev–Trinajstić information content (AvgIpc) is 2.74. The molecule has 1 aliphatic rings. The van der Waals surface area contributed by atoms with Crippen molar-refractivity contribution in [2.24, 2.45) is 0 Å². The van der Waals surface area contributed by atoms with Crippen molar-refractivity contribution < 1.29 is 23.8 Å². The van der Waals surface area contributed by atoms with E-state index in [2.05, 4.69) is 15.9 Å². The van der Waals surface area contributed by atoms with Gasteiger partial charge in [-0.05, 0) is 22.0 Å². The Hall–Kier alpha value is -1.34. The first-order valence-corrected chi connectivity index (χ1v) is 6.22. The van der Waals surface area contributed by atoms with Crippen LogP contribution in [0.15, 0.2) is 21.2 Å². The zero-order valence-electron chi connectivity index (χ0n) is 9.47. The minimum Gasteiger partial charge on any atom is -0.481 e. The van der Waals surface area contributed by atoms with Crippen LogP contribution in [0.3, 0.4) is 0 Å². The van der Waals surface area contributed by atoms with Crippen LogP contribution < -0.4 is 0 Å². The summed E-state index contributed by atoms with van der Waals surface area (Å²) in [6, 6.07) is 1.17. The second-order valence-corrected chi connectivity index (χ2v) is 4.78. The Morgan fingerprint density at radius 1 is 1.56 bits per heavy atom. The number of amides is 1. The standard InChI is InChI=1S/C11H12BrNO5/c12-8-1-3-18-10(8)11(16)13-2-4-17-6-7(13)5-9(14)15/h1,3,7H,2,4-6H2,(H,14,15). The topological polar surface area (TPSA) is 80.0 Å². The summed E-state index contributed by atoms with van der Waals surface area (Å²) in [5, 5.41) is 8.82. The Balaban J connectivity index is 2.16. The Morgan fingerprint density at radius 3 is 2.94 bits per heavy atom. The van der Waals surface area contributed by atoms with Crippen LogP contribution in [0.25, 0.3) is 0 Å². The molecule has 98 valence electrons. The molecule has 7 heteroatoms. The first-order valence-electron chi connectivity index (χ1n) is 5.43. The summed E-state index contributed by atoms with van der Waals surface area (Å²) in [6.45, 7) is 1.00. The van der Waals surface area contributed by atoms with Crippen LogP contribution >= 0.6 is 15.9 Å². The van der Waals surface area contributed by atoms with Gasteiger partial charge in [-0.2, -0.15) is 0 Å². The van der Waals surface area contributed by atoms with Gasteiger partial charge in [0.2, 0.25) is 5.76 Å². The van der Waals surface area contributed by atoms with Gasteiger partial charge in [-0.15, -0.1) is 0 Å². The number of morpholine rings is 1. The number of ether oxygens (including phenoxy) is 1. The van der Waals surface area contributed by atoms with E-state index in [9.17, 15) is 9.59 Å². The lowest BCUT2D eigenvalue weighted by Crippen LogP contribution is -2.49. The van der Waals surface area contributed by atoms with Gasteiger partial charge in [0.15, 0.2) is 0 Å². The number of furan rings is 1. The van der Waals surface area contributed by atoms with E-state index in [1.807, 2.05) is 0 Å². The van der Waals surface area contributed by atoms with Gasteiger partial charge < -0.3 is 19.2 Å². The fourth-order valence-electron chi connectivity index (χ4n) is 1.87. The fraction of sp³-hybridized carbons (Fsp3) is 0.455. The summed E-state index contributed by atoms with van der Waals surface area (Å²) >= 11 is 3.22. The number of carbonyl (C=O) groups excluding carboxylic acids is 1. The zero-order valence-corrected chi connectivity index (χ0v) is 11.1. The lowest BCUT2D eigenvalue weighted by Gasteiger charge is -2.34. The third-order valence-electron chi connectivity index (χ3n) is 2.71. The minimum atomic E-state index is -0.957. The van der Waals surface area contributed by atoms with Crippen molar-refractivity contribution in [2.45, 2.75) is 12.5 Å².